The van der Waals surface area contributed by atoms with Gasteiger partial charge in [-0.15, -0.1) is 0 Å². The van der Waals surface area contributed by atoms with Gasteiger partial charge < -0.3 is 0 Å². The molecule has 0 fully saturated rings. The van der Waals surface area contributed by atoms with Crippen LogP contribution >= 0.6 is 0 Å². The summed E-state index contributed by atoms with van der Waals surface area (Å²) in [6.45, 7) is 29.3. The van der Waals surface area contributed by atoms with Crippen molar-refractivity contribution in [3.8, 4) is 77.9 Å². The summed E-state index contributed by atoms with van der Waals surface area (Å²) in [5.41, 5.74) is 27.8. The lowest BCUT2D eigenvalue weighted by Crippen LogP contribution is -2.42. The molecule has 0 aromatic heterocycles. The molecule has 13 rings (SSSR count). The number of hydrogen-bond acceptors (Lipinski definition) is 0. The Balaban J connectivity index is 0.997. The van der Waals surface area contributed by atoms with Gasteiger partial charge in [0.25, 0.3) is 0 Å². The zero-order valence-corrected chi connectivity index (χ0v) is 48.4. The summed E-state index contributed by atoms with van der Waals surface area (Å²) < 4.78 is 0. The SMILES string of the molecule is CC1(C)c2ccc(-c3cc(-c4ccccc4)cc(-c4cccc(C5(c6cccc(-c7cc(-c8ccccc8)cc(-c8ccc9c(c8)C(C)(C)C(C)(C)C9(C)C)c7)c6)c6ccccc6-c6ccccc65)c4)c3)cc2C(C)(C)C1(C)C. The third-order valence-corrected chi connectivity index (χ3v) is 21.9. The molecule has 0 radical (unpaired) electrons. The van der Waals surface area contributed by atoms with Crippen LogP contribution < -0.4 is 0 Å². The Morgan fingerprint density at radius 3 is 0.848 bits per heavy atom. The summed E-state index contributed by atoms with van der Waals surface area (Å²) in [5, 5.41) is 0. The first-order valence-electron chi connectivity index (χ1n) is 28.8. The molecule has 0 amide bonds. The van der Waals surface area contributed by atoms with Gasteiger partial charge >= 0.3 is 0 Å². The molecular formula is C79H74. The third kappa shape index (κ3) is 7.25. The summed E-state index contributed by atoms with van der Waals surface area (Å²) in [7, 11) is 0. The molecule has 0 atom stereocenters. The van der Waals surface area contributed by atoms with Crippen molar-refractivity contribution < 1.29 is 0 Å². The van der Waals surface area contributed by atoms with Crippen LogP contribution in [0.15, 0.2) is 231 Å². The van der Waals surface area contributed by atoms with Crippen molar-refractivity contribution in [2.24, 2.45) is 10.8 Å². The summed E-state index contributed by atoms with van der Waals surface area (Å²) in [5.74, 6) is 0. The van der Waals surface area contributed by atoms with E-state index >= 15 is 0 Å². The van der Waals surface area contributed by atoms with Crippen molar-refractivity contribution in [3.05, 3.63) is 275 Å². The lowest BCUT2D eigenvalue weighted by Gasteiger charge is -2.44. The van der Waals surface area contributed by atoms with Gasteiger partial charge in [0.1, 0.15) is 0 Å². The molecule has 0 bridgehead atoms. The van der Waals surface area contributed by atoms with E-state index in [-0.39, 0.29) is 32.5 Å². The van der Waals surface area contributed by atoms with Crippen LogP contribution in [0, 0.1) is 10.8 Å². The molecule has 390 valence electrons. The summed E-state index contributed by atoms with van der Waals surface area (Å²) in [6, 6.07) is 88.3. The number of rotatable bonds is 8. The molecule has 0 heterocycles. The van der Waals surface area contributed by atoms with Crippen LogP contribution in [0.5, 0.6) is 0 Å². The van der Waals surface area contributed by atoms with Gasteiger partial charge in [-0.2, -0.15) is 0 Å². The minimum absolute atomic E-state index is 0.00281. The molecule has 10 aromatic rings. The first-order chi connectivity index (χ1) is 37.7. The fourth-order valence-corrected chi connectivity index (χ4v) is 14.9. The van der Waals surface area contributed by atoms with E-state index in [1.807, 2.05) is 0 Å². The lowest BCUT2D eigenvalue weighted by atomic mass is 9.59. The quantitative estimate of drug-likeness (QED) is 0.142. The van der Waals surface area contributed by atoms with Crippen molar-refractivity contribution in [1.82, 2.24) is 0 Å². The molecule has 0 heteroatoms. The van der Waals surface area contributed by atoms with Crippen molar-refractivity contribution in [2.45, 2.75) is 110 Å². The van der Waals surface area contributed by atoms with Gasteiger partial charge in [-0.05, 0) is 203 Å². The van der Waals surface area contributed by atoms with Crippen LogP contribution in [-0.4, -0.2) is 0 Å². The summed E-state index contributed by atoms with van der Waals surface area (Å²) in [4.78, 5) is 0. The number of fused-ring (bicyclic) bond motifs is 5. The van der Waals surface area contributed by atoms with Crippen LogP contribution in [-0.2, 0) is 27.1 Å². The topological polar surface area (TPSA) is 0 Å². The number of benzene rings is 10. The molecular weight excluding hydrogens is 949 g/mol. The van der Waals surface area contributed by atoms with Gasteiger partial charge in [-0.1, -0.05) is 265 Å². The lowest BCUT2D eigenvalue weighted by molar-refractivity contribution is 0.125. The maximum absolute atomic E-state index is 2.51. The molecule has 79 heavy (non-hydrogen) atoms. The molecule has 3 aliphatic carbocycles. The van der Waals surface area contributed by atoms with Crippen molar-refractivity contribution >= 4 is 0 Å². The number of hydrogen-bond donors (Lipinski definition) is 0. The molecule has 0 unspecified atom stereocenters. The van der Waals surface area contributed by atoms with Gasteiger partial charge in [0.2, 0.25) is 0 Å². The molecule has 3 aliphatic rings. The second-order valence-corrected chi connectivity index (χ2v) is 26.6. The highest BCUT2D eigenvalue weighted by atomic mass is 14.6. The average molecular weight is 1020 g/mol. The maximum Gasteiger partial charge on any atom is 0.0713 e. The zero-order valence-electron chi connectivity index (χ0n) is 48.4. The first-order valence-corrected chi connectivity index (χ1v) is 28.8. The Morgan fingerprint density at radius 1 is 0.190 bits per heavy atom. The molecule has 0 nitrogen and oxygen atoms in total. The predicted molar refractivity (Wildman–Crippen MR) is 336 cm³/mol. The van der Waals surface area contributed by atoms with Crippen LogP contribution in [0.25, 0.3) is 77.9 Å². The fourth-order valence-electron chi connectivity index (χ4n) is 14.9. The van der Waals surface area contributed by atoms with Crippen LogP contribution in [0.3, 0.4) is 0 Å². The van der Waals surface area contributed by atoms with E-state index in [0.717, 1.165) is 0 Å². The summed E-state index contributed by atoms with van der Waals surface area (Å²) in [6.07, 6.45) is 0. The largest absolute Gasteiger partial charge is 0.0713 e. The Morgan fingerprint density at radius 2 is 0.481 bits per heavy atom. The predicted octanol–water partition coefficient (Wildman–Crippen LogP) is 21.2. The van der Waals surface area contributed by atoms with Gasteiger partial charge in [0.05, 0.1) is 5.41 Å². The first kappa shape index (κ1) is 50.7. The summed E-state index contributed by atoms with van der Waals surface area (Å²) >= 11 is 0. The standard InChI is InChI=1S/C79H74/c1-73(2)69-39-37-55(49-71(69)75(5,6)77(73,9)10)61-43-57(51-25-15-13-16-26-51)41-59(45-61)53-29-23-31-63(47-53)79(67-35-21-19-33-65(67)66-34-20-22-36-68(66)79)64-32-24-30-54(48-64)60-42-58(52-27-17-14-18-28-52)44-62(46-60)56-38-40-70-72(50-56)76(7,8)78(11,12)74(70,3)4/h13-50H,1-12H3. The Bertz CT molecular complexity index is 3790. The minimum Gasteiger partial charge on any atom is -0.0622 e. The van der Waals surface area contributed by atoms with E-state index in [1.165, 1.54) is 122 Å². The molecule has 0 aliphatic heterocycles. The third-order valence-electron chi connectivity index (χ3n) is 21.9. The van der Waals surface area contributed by atoms with Gasteiger partial charge in [-0.25, -0.2) is 0 Å². The monoisotopic (exact) mass is 1020 g/mol. The highest BCUT2D eigenvalue weighted by molar-refractivity contribution is 5.89. The molecule has 10 aromatic carbocycles. The maximum atomic E-state index is 2.51. The van der Waals surface area contributed by atoms with Crippen molar-refractivity contribution in [3.63, 3.8) is 0 Å². The van der Waals surface area contributed by atoms with Crippen molar-refractivity contribution in [1.29, 1.82) is 0 Å². The highest BCUT2D eigenvalue weighted by Crippen LogP contribution is 2.64. The molecule has 0 saturated heterocycles. The van der Waals surface area contributed by atoms with E-state index in [1.54, 1.807) is 0 Å². The zero-order chi connectivity index (χ0) is 55.1. The normalized spacial score (nSPS) is 17.8. The van der Waals surface area contributed by atoms with E-state index in [9.17, 15) is 0 Å². The van der Waals surface area contributed by atoms with Crippen LogP contribution in [0.2, 0.25) is 0 Å². The van der Waals surface area contributed by atoms with E-state index in [4.69, 9.17) is 0 Å². The van der Waals surface area contributed by atoms with E-state index in [2.05, 4.69) is 314 Å². The Hall–Kier alpha value is -7.80. The molecule has 0 spiro atoms. The Kier molecular flexibility index (Phi) is 11.3. The van der Waals surface area contributed by atoms with E-state index < -0.39 is 5.41 Å². The van der Waals surface area contributed by atoms with Crippen molar-refractivity contribution in [2.75, 3.05) is 0 Å². The highest BCUT2D eigenvalue weighted by Gasteiger charge is 2.58. The van der Waals surface area contributed by atoms with Gasteiger partial charge in [0, 0.05) is 0 Å². The smallest absolute Gasteiger partial charge is 0.0622 e. The molecule has 0 saturated carbocycles. The minimum atomic E-state index is -0.616. The van der Waals surface area contributed by atoms with E-state index in [0.29, 0.717) is 0 Å². The second-order valence-electron chi connectivity index (χ2n) is 26.6. The Labute approximate surface area is 471 Å². The van der Waals surface area contributed by atoms with Gasteiger partial charge in [-0.3, -0.25) is 0 Å². The fraction of sp³-hybridized carbons (Fsp3) is 0.241. The van der Waals surface area contributed by atoms with Gasteiger partial charge in [0.15, 0.2) is 0 Å². The second kappa shape index (κ2) is 17.6. The average Bonchev–Trinajstić information content (AvgIpc) is 2.91. The molecule has 0 N–H and O–H groups in total. The van der Waals surface area contributed by atoms with Crippen LogP contribution in [0.4, 0.5) is 0 Å². The van der Waals surface area contributed by atoms with Crippen LogP contribution in [0.1, 0.15) is 128 Å².